The van der Waals surface area contributed by atoms with Crippen LogP contribution < -0.4 is 0 Å². The second-order valence-electron chi connectivity index (χ2n) is 9.18. The number of hydrogen-bond acceptors (Lipinski definition) is 2. The molecule has 6 aromatic carbocycles. The van der Waals surface area contributed by atoms with Gasteiger partial charge in [-0.1, -0.05) is 133 Å². The van der Waals surface area contributed by atoms with Gasteiger partial charge in [-0.05, 0) is 68.8 Å². The predicted octanol–water partition coefficient (Wildman–Crippen LogP) is 10.8. The Kier molecular flexibility index (Phi) is 6.69. The van der Waals surface area contributed by atoms with Crippen molar-refractivity contribution in [2.45, 2.75) is 0 Å². The third kappa shape index (κ3) is 5.35. The van der Waals surface area contributed by atoms with Gasteiger partial charge >= 0.3 is 0 Å². The Morgan fingerprint density at radius 3 is 0.684 bits per heavy atom. The lowest BCUT2D eigenvalue weighted by molar-refractivity contribution is 1.23. The summed E-state index contributed by atoms with van der Waals surface area (Å²) in [5.41, 5.74) is 11.2. The van der Waals surface area contributed by atoms with Crippen molar-refractivity contribution < 1.29 is 0 Å². The Bertz CT molecular complexity index is 1510. The average molecular weight is 487 g/mol. The van der Waals surface area contributed by atoms with Gasteiger partial charge in [0.05, 0.1) is 11.4 Å². The first-order valence-corrected chi connectivity index (χ1v) is 12.8. The third-order valence-electron chi connectivity index (χ3n) is 6.67. The number of hydrogen-bond donors (Lipinski definition) is 0. The Morgan fingerprint density at radius 1 is 0.211 bits per heavy atom. The van der Waals surface area contributed by atoms with Crippen LogP contribution in [-0.4, -0.2) is 0 Å². The molecule has 0 bridgehead atoms. The van der Waals surface area contributed by atoms with Gasteiger partial charge in [-0.3, -0.25) is 0 Å². The molecule has 0 amide bonds. The van der Waals surface area contributed by atoms with Crippen molar-refractivity contribution >= 4 is 11.4 Å². The molecule has 0 heterocycles. The molecule has 0 aliphatic rings. The van der Waals surface area contributed by atoms with Gasteiger partial charge in [-0.25, -0.2) is 0 Å². The molecule has 0 saturated carbocycles. The van der Waals surface area contributed by atoms with E-state index in [0.717, 1.165) is 22.5 Å². The molecule has 0 radical (unpaired) electrons. The fourth-order valence-electron chi connectivity index (χ4n) is 4.53. The fourth-order valence-corrected chi connectivity index (χ4v) is 4.53. The molecule has 0 saturated heterocycles. The topological polar surface area (TPSA) is 24.7 Å². The largest absolute Gasteiger partial charge is 0.151 e. The van der Waals surface area contributed by atoms with Crippen molar-refractivity contribution in [2.24, 2.45) is 10.2 Å². The molecule has 6 rings (SSSR count). The van der Waals surface area contributed by atoms with Crippen LogP contribution in [0.4, 0.5) is 11.4 Å². The molecule has 0 fully saturated rings. The van der Waals surface area contributed by atoms with E-state index in [-0.39, 0.29) is 0 Å². The lowest BCUT2D eigenvalue weighted by Crippen LogP contribution is -1.80. The summed E-state index contributed by atoms with van der Waals surface area (Å²) < 4.78 is 0. The molecule has 0 spiro atoms. The summed E-state index contributed by atoms with van der Waals surface area (Å²) in [6.07, 6.45) is 0. The first-order chi connectivity index (χ1) is 18.8. The van der Waals surface area contributed by atoms with Crippen LogP contribution in [0.5, 0.6) is 0 Å². The maximum atomic E-state index is 4.44. The number of azo groups is 1. The molecule has 0 aromatic heterocycles. The lowest BCUT2D eigenvalue weighted by atomic mass is 10.0. The Labute approximate surface area is 223 Å². The van der Waals surface area contributed by atoms with Crippen molar-refractivity contribution in [2.75, 3.05) is 0 Å². The van der Waals surface area contributed by atoms with E-state index < -0.39 is 0 Å². The second-order valence-corrected chi connectivity index (χ2v) is 9.18. The molecule has 180 valence electrons. The monoisotopic (exact) mass is 486 g/mol. The van der Waals surface area contributed by atoms with Gasteiger partial charge in [0.2, 0.25) is 0 Å². The Balaban J connectivity index is 1.11. The summed E-state index contributed by atoms with van der Waals surface area (Å²) in [6, 6.07) is 54.6. The molecule has 38 heavy (non-hydrogen) atoms. The van der Waals surface area contributed by atoms with Crippen LogP contribution in [0.25, 0.3) is 44.5 Å². The normalized spacial score (nSPS) is 11.1. The van der Waals surface area contributed by atoms with Crippen molar-refractivity contribution in [3.05, 3.63) is 158 Å². The standard InChI is InChI=1S/C36H26N2/c1-3-7-27(8-4-1)29-11-15-31(16-12-29)33-19-23-35(24-20-33)37-38-36-25-21-34(22-26-36)32-17-13-30(14-18-32)28-9-5-2-6-10-28/h1-26H. The summed E-state index contributed by atoms with van der Waals surface area (Å²) >= 11 is 0. The van der Waals surface area contributed by atoms with E-state index in [4.69, 9.17) is 0 Å². The molecule has 0 aliphatic heterocycles. The Morgan fingerprint density at radius 2 is 0.421 bits per heavy atom. The molecule has 0 aliphatic carbocycles. The number of rotatable bonds is 6. The van der Waals surface area contributed by atoms with Gasteiger partial charge in [-0.2, -0.15) is 10.2 Å². The minimum atomic E-state index is 0.829. The summed E-state index contributed by atoms with van der Waals surface area (Å²) in [5, 5.41) is 8.88. The van der Waals surface area contributed by atoms with E-state index in [9.17, 15) is 0 Å². The highest BCUT2D eigenvalue weighted by Gasteiger charge is 2.02. The van der Waals surface area contributed by atoms with Crippen LogP contribution in [-0.2, 0) is 0 Å². The number of benzene rings is 6. The van der Waals surface area contributed by atoms with Gasteiger partial charge in [0, 0.05) is 0 Å². The molecular formula is C36H26N2. The van der Waals surface area contributed by atoms with Crippen molar-refractivity contribution in [3.8, 4) is 44.5 Å². The van der Waals surface area contributed by atoms with Crippen LogP contribution in [0.3, 0.4) is 0 Å². The summed E-state index contributed by atoms with van der Waals surface area (Å²) in [4.78, 5) is 0. The van der Waals surface area contributed by atoms with Crippen LogP contribution in [0.1, 0.15) is 0 Å². The van der Waals surface area contributed by atoms with Crippen molar-refractivity contribution in [1.82, 2.24) is 0 Å². The van der Waals surface area contributed by atoms with Crippen LogP contribution in [0.2, 0.25) is 0 Å². The Hall–Kier alpha value is -5.08. The lowest BCUT2D eigenvalue weighted by Gasteiger charge is -2.06. The van der Waals surface area contributed by atoms with Gasteiger partial charge in [0.15, 0.2) is 0 Å². The van der Waals surface area contributed by atoms with E-state index in [1.807, 2.05) is 36.4 Å². The summed E-state index contributed by atoms with van der Waals surface area (Å²) in [5.74, 6) is 0. The maximum Gasteiger partial charge on any atom is 0.0857 e. The average Bonchev–Trinajstić information content (AvgIpc) is 3.02. The van der Waals surface area contributed by atoms with E-state index >= 15 is 0 Å². The van der Waals surface area contributed by atoms with Crippen LogP contribution in [0, 0.1) is 0 Å². The highest BCUT2D eigenvalue weighted by atomic mass is 15.1. The van der Waals surface area contributed by atoms with Gasteiger partial charge < -0.3 is 0 Å². The van der Waals surface area contributed by atoms with E-state index in [0.29, 0.717) is 0 Å². The van der Waals surface area contributed by atoms with Gasteiger partial charge in [0.25, 0.3) is 0 Å². The van der Waals surface area contributed by atoms with Gasteiger partial charge in [-0.15, -0.1) is 0 Å². The zero-order chi connectivity index (χ0) is 25.6. The van der Waals surface area contributed by atoms with Crippen molar-refractivity contribution in [3.63, 3.8) is 0 Å². The predicted molar refractivity (Wildman–Crippen MR) is 159 cm³/mol. The first-order valence-electron chi connectivity index (χ1n) is 12.8. The molecule has 2 nitrogen and oxygen atoms in total. The SMILES string of the molecule is c1ccc(-c2ccc(-c3ccc(N=Nc4ccc(-c5ccc(-c6ccccc6)cc5)cc4)cc3)cc2)cc1. The first kappa shape index (κ1) is 23.3. The maximum absolute atomic E-state index is 4.44. The van der Waals surface area contributed by atoms with Crippen LogP contribution >= 0.6 is 0 Å². The second kappa shape index (κ2) is 10.9. The van der Waals surface area contributed by atoms with E-state index in [1.54, 1.807) is 0 Å². The highest BCUT2D eigenvalue weighted by Crippen LogP contribution is 2.29. The van der Waals surface area contributed by atoms with E-state index in [1.165, 1.54) is 33.4 Å². The molecule has 0 atom stereocenters. The molecule has 6 aromatic rings. The zero-order valence-corrected chi connectivity index (χ0v) is 20.9. The zero-order valence-electron chi connectivity index (χ0n) is 20.9. The number of nitrogens with zero attached hydrogens (tertiary/aromatic N) is 2. The quantitative estimate of drug-likeness (QED) is 0.209. The van der Waals surface area contributed by atoms with E-state index in [2.05, 4.69) is 132 Å². The molecule has 0 unspecified atom stereocenters. The fraction of sp³-hybridized carbons (Fsp3) is 0. The molecule has 0 N–H and O–H groups in total. The highest BCUT2D eigenvalue weighted by molar-refractivity contribution is 5.72. The van der Waals surface area contributed by atoms with Crippen molar-refractivity contribution in [1.29, 1.82) is 0 Å². The summed E-state index contributed by atoms with van der Waals surface area (Å²) in [6.45, 7) is 0. The smallest absolute Gasteiger partial charge is 0.0857 e. The summed E-state index contributed by atoms with van der Waals surface area (Å²) in [7, 11) is 0. The third-order valence-corrected chi connectivity index (χ3v) is 6.67. The van der Waals surface area contributed by atoms with Crippen LogP contribution in [0.15, 0.2) is 168 Å². The minimum Gasteiger partial charge on any atom is -0.151 e. The molecule has 2 heteroatoms. The molecular weight excluding hydrogens is 460 g/mol. The minimum absolute atomic E-state index is 0.829. The van der Waals surface area contributed by atoms with Gasteiger partial charge in [0.1, 0.15) is 0 Å².